The molecular formula is C18H15Cl2Zr. The molecule has 1 unspecified atom stereocenters. The Hall–Kier alpha value is -0.617. The van der Waals surface area contributed by atoms with E-state index < -0.39 is 0 Å². The van der Waals surface area contributed by atoms with Crippen LogP contribution in [-0.2, 0) is 24.7 Å². The molecule has 0 heterocycles. The van der Waals surface area contributed by atoms with Crippen LogP contribution in [0.5, 0.6) is 0 Å². The standard InChI is InChI=1S/C18H13.2ClH.Zr/c1-2-7-13(6-1)15-10-5-11-17-16-9-4-3-8-14(16)12-18(15)17;;;/h1-6,8-12H,7H2;2*1H;. The summed E-state index contributed by atoms with van der Waals surface area (Å²) in [5, 5.41) is 0. The van der Waals surface area contributed by atoms with Gasteiger partial charge in [0.1, 0.15) is 0 Å². The van der Waals surface area contributed by atoms with Crippen molar-refractivity contribution in [2.24, 2.45) is 0 Å². The van der Waals surface area contributed by atoms with Gasteiger partial charge in [0.15, 0.2) is 0 Å². The minimum atomic E-state index is 0. The van der Waals surface area contributed by atoms with Crippen molar-refractivity contribution in [2.45, 2.75) is 10.0 Å². The molecule has 3 heteroatoms. The third kappa shape index (κ3) is 2.61. The van der Waals surface area contributed by atoms with Crippen LogP contribution < -0.4 is 0 Å². The van der Waals surface area contributed by atoms with Crippen molar-refractivity contribution in [1.82, 2.24) is 0 Å². The summed E-state index contributed by atoms with van der Waals surface area (Å²) >= 11 is 1.58. The van der Waals surface area contributed by atoms with Crippen molar-refractivity contribution in [1.29, 1.82) is 0 Å². The van der Waals surface area contributed by atoms with Crippen molar-refractivity contribution in [2.75, 3.05) is 0 Å². The molecule has 0 amide bonds. The molecule has 0 fully saturated rings. The van der Waals surface area contributed by atoms with E-state index in [1.54, 1.807) is 30.3 Å². The maximum atomic E-state index is 2.29. The summed E-state index contributed by atoms with van der Waals surface area (Å²) in [5.74, 6) is 0. The fraction of sp³-hybridized carbons (Fsp3) is 0.111. The molecule has 0 saturated carbocycles. The minimum absolute atomic E-state index is 0. The van der Waals surface area contributed by atoms with E-state index in [0.29, 0.717) is 3.63 Å². The normalized spacial score (nSPS) is 17.3. The van der Waals surface area contributed by atoms with Crippen molar-refractivity contribution < 1.29 is 24.7 Å². The predicted octanol–water partition coefficient (Wildman–Crippen LogP) is 5.49. The molecule has 2 aromatic rings. The number of benzene rings is 2. The van der Waals surface area contributed by atoms with Crippen molar-refractivity contribution >= 4 is 30.4 Å². The molecule has 0 aromatic heterocycles. The number of allylic oxidation sites excluding steroid dienone is 4. The molecule has 105 valence electrons. The molecule has 0 aliphatic heterocycles. The monoisotopic (exact) mass is 391 g/mol. The SMILES string of the molecule is Cl.Cl.[Zr][CH]1c2ccccc2-c2cccc(C3=CC=CC3)c21. The zero-order valence-electron chi connectivity index (χ0n) is 11.4. The molecule has 21 heavy (non-hydrogen) atoms. The molecule has 0 saturated heterocycles. The Morgan fingerprint density at radius 2 is 1.57 bits per heavy atom. The molecule has 0 N–H and O–H groups in total. The molecule has 4 rings (SSSR count). The number of hydrogen-bond donors (Lipinski definition) is 0. The fourth-order valence-corrected chi connectivity index (χ4v) is 4.57. The van der Waals surface area contributed by atoms with E-state index in [9.17, 15) is 0 Å². The van der Waals surface area contributed by atoms with E-state index in [4.69, 9.17) is 0 Å². The van der Waals surface area contributed by atoms with Crippen LogP contribution in [0, 0.1) is 0 Å². The second-order valence-corrected chi connectivity index (χ2v) is 6.53. The summed E-state index contributed by atoms with van der Waals surface area (Å²) in [6, 6.07) is 15.7. The van der Waals surface area contributed by atoms with E-state index in [-0.39, 0.29) is 24.8 Å². The van der Waals surface area contributed by atoms with Gasteiger partial charge in [0.05, 0.1) is 0 Å². The third-order valence-corrected chi connectivity index (χ3v) is 5.55. The first kappa shape index (κ1) is 16.7. The molecule has 0 spiro atoms. The van der Waals surface area contributed by atoms with Crippen LogP contribution in [0.1, 0.15) is 26.7 Å². The van der Waals surface area contributed by atoms with E-state index in [1.807, 2.05) is 0 Å². The third-order valence-electron chi connectivity index (χ3n) is 4.07. The van der Waals surface area contributed by atoms with Crippen LogP contribution in [0.4, 0.5) is 0 Å². The summed E-state index contributed by atoms with van der Waals surface area (Å²) in [4.78, 5) is 0. The van der Waals surface area contributed by atoms with Gasteiger partial charge in [0.2, 0.25) is 0 Å². The zero-order chi connectivity index (χ0) is 12.8. The first-order valence-corrected chi connectivity index (χ1v) is 8.07. The molecule has 0 bridgehead atoms. The van der Waals surface area contributed by atoms with Gasteiger partial charge < -0.3 is 0 Å². The van der Waals surface area contributed by atoms with Gasteiger partial charge in [-0.2, -0.15) is 0 Å². The van der Waals surface area contributed by atoms with Crippen LogP contribution >= 0.6 is 24.8 Å². The number of halogens is 2. The Balaban J connectivity index is 0.000000807. The first-order chi connectivity index (χ1) is 9.36. The van der Waals surface area contributed by atoms with Gasteiger partial charge in [-0.15, -0.1) is 24.8 Å². The van der Waals surface area contributed by atoms with E-state index in [1.165, 1.54) is 27.8 Å². The zero-order valence-corrected chi connectivity index (χ0v) is 15.5. The van der Waals surface area contributed by atoms with Gasteiger partial charge >= 0.3 is 129 Å². The quantitative estimate of drug-likeness (QED) is 0.601. The van der Waals surface area contributed by atoms with Gasteiger partial charge in [0, 0.05) is 0 Å². The van der Waals surface area contributed by atoms with Gasteiger partial charge in [0.25, 0.3) is 0 Å². The number of rotatable bonds is 1. The summed E-state index contributed by atoms with van der Waals surface area (Å²) in [7, 11) is 0. The van der Waals surface area contributed by atoms with Crippen LogP contribution in [0.3, 0.4) is 0 Å². The second kappa shape index (κ2) is 6.65. The van der Waals surface area contributed by atoms with Gasteiger partial charge in [-0.1, -0.05) is 0 Å². The Labute approximate surface area is 153 Å². The fourth-order valence-electron chi connectivity index (χ4n) is 3.19. The molecule has 2 aliphatic rings. The average Bonchev–Trinajstić information content (AvgIpc) is 3.08. The van der Waals surface area contributed by atoms with E-state index in [0.717, 1.165) is 6.42 Å². The average molecular weight is 393 g/mol. The van der Waals surface area contributed by atoms with Gasteiger partial charge in [-0.3, -0.25) is 0 Å². The topological polar surface area (TPSA) is 0 Å². The molecule has 2 aliphatic carbocycles. The summed E-state index contributed by atoms with van der Waals surface area (Å²) in [6.07, 6.45) is 7.76. The van der Waals surface area contributed by atoms with Crippen molar-refractivity contribution in [3.05, 3.63) is 77.4 Å². The summed E-state index contributed by atoms with van der Waals surface area (Å²) in [5.41, 5.74) is 8.87. The molecular weight excluding hydrogens is 378 g/mol. The maximum absolute atomic E-state index is 2.29. The Morgan fingerprint density at radius 1 is 0.857 bits per heavy atom. The Morgan fingerprint density at radius 3 is 2.33 bits per heavy atom. The Bertz CT molecular complexity index is 732. The first-order valence-electron chi connectivity index (χ1n) is 6.65. The molecule has 0 nitrogen and oxygen atoms in total. The number of hydrogen-bond acceptors (Lipinski definition) is 0. The van der Waals surface area contributed by atoms with Crippen LogP contribution in [-0.4, -0.2) is 0 Å². The van der Waals surface area contributed by atoms with Gasteiger partial charge in [-0.25, -0.2) is 0 Å². The van der Waals surface area contributed by atoms with Crippen molar-refractivity contribution in [3.63, 3.8) is 0 Å². The molecule has 1 atom stereocenters. The Kier molecular flexibility index (Phi) is 5.30. The molecule has 0 radical (unpaired) electrons. The van der Waals surface area contributed by atoms with Crippen LogP contribution in [0.2, 0.25) is 0 Å². The van der Waals surface area contributed by atoms with Crippen LogP contribution in [0.25, 0.3) is 16.7 Å². The van der Waals surface area contributed by atoms with E-state index >= 15 is 0 Å². The van der Waals surface area contributed by atoms with E-state index in [2.05, 4.69) is 60.7 Å². The van der Waals surface area contributed by atoms with Crippen LogP contribution in [0.15, 0.2) is 60.7 Å². The summed E-state index contributed by atoms with van der Waals surface area (Å²) < 4.78 is 0.594. The predicted molar refractivity (Wildman–Crippen MR) is 90.0 cm³/mol. The summed E-state index contributed by atoms with van der Waals surface area (Å²) in [6.45, 7) is 0. The molecule has 2 aromatic carbocycles. The van der Waals surface area contributed by atoms with Crippen molar-refractivity contribution in [3.8, 4) is 11.1 Å². The number of fused-ring (bicyclic) bond motifs is 3. The second-order valence-electron chi connectivity index (χ2n) is 5.11. The van der Waals surface area contributed by atoms with Gasteiger partial charge in [-0.05, 0) is 0 Å².